The molecule has 2 rings (SSSR count). The fraction of sp³-hybridized carbons (Fsp3) is 0.222. The Balaban J connectivity index is 0.00000163. The van der Waals surface area contributed by atoms with Gasteiger partial charge in [-0.2, -0.15) is 0 Å². The van der Waals surface area contributed by atoms with Crippen LogP contribution in [-0.2, 0) is 47.6 Å². The number of phenolic OH excluding ortho intramolecular Hbond substituents is 2. The molecule has 0 aliphatic carbocycles. The Kier molecular flexibility index (Phi) is 11.1. The number of benzene rings is 2. The van der Waals surface area contributed by atoms with Gasteiger partial charge < -0.3 is 35.5 Å². The Morgan fingerprint density at radius 2 is 1.04 bits per heavy atom. The van der Waals surface area contributed by atoms with E-state index in [1.54, 1.807) is 48.5 Å². The van der Waals surface area contributed by atoms with E-state index in [-0.39, 0.29) is 11.5 Å². The van der Waals surface area contributed by atoms with Gasteiger partial charge in [-0.1, -0.05) is 0 Å². The molecule has 0 heterocycles. The van der Waals surface area contributed by atoms with Gasteiger partial charge >= 0.3 is 22.4 Å². The minimum absolute atomic E-state index is 0.219. The fourth-order valence-electron chi connectivity index (χ4n) is 2.12. The van der Waals surface area contributed by atoms with E-state index in [2.05, 4.69) is 9.98 Å². The maximum atomic E-state index is 9.33. The Bertz CT molecular complexity index is 672. The van der Waals surface area contributed by atoms with E-state index >= 15 is 0 Å². The molecule has 26 heavy (non-hydrogen) atoms. The summed E-state index contributed by atoms with van der Waals surface area (Å²) in [5.41, 5.74) is 3.44. The molecule has 0 aliphatic rings. The zero-order valence-corrected chi connectivity index (χ0v) is 17.3. The zero-order chi connectivity index (χ0) is 19.4. The van der Waals surface area contributed by atoms with E-state index in [1.807, 2.05) is 0 Å². The van der Waals surface area contributed by atoms with Crippen LogP contribution in [0.3, 0.4) is 0 Å². The van der Waals surface area contributed by atoms with Crippen molar-refractivity contribution in [3.05, 3.63) is 59.7 Å². The zero-order valence-electron chi connectivity index (χ0n) is 13.8. The Labute approximate surface area is 174 Å². The Morgan fingerprint density at radius 1 is 0.731 bits per heavy atom. The average Bonchev–Trinajstić information content (AvgIpc) is 2.68. The average molecular weight is 472 g/mol. The van der Waals surface area contributed by atoms with Crippen molar-refractivity contribution in [2.75, 3.05) is 24.6 Å². The van der Waals surface area contributed by atoms with Crippen LogP contribution in [0.25, 0.3) is 0 Å². The van der Waals surface area contributed by atoms with E-state index in [0.717, 1.165) is 41.4 Å². The van der Waals surface area contributed by atoms with Crippen LogP contribution in [0, 0.1) is 0 Å². The van der Waals surface area contributed by atoms with Gasteiger partial charge in [0.2, 0.25) is 0 Å². The van der Waals surface area contributed by atoms with Crippen LogP contribution in [0.4, 0.5) is 0 Å². The molecule has 137 valence electrons. The molecule has 0 amide bonds. The molecule has 0 bridgehead atoms. The second kappa shape index (κ2) is 12.8. The van der Waals surface area contributed by atoms with Crippen LogP contribution in [0.2, 0.25) is 0 Å². The standard InChI is InChI=1S/C18H20N2O2S2.O.Tc/c21-15-5-1-13(2-6-15)17(11-23)19-9-10-20-18(12-24)14-3-7-16(22)8-4-14;;/h1-8,21-24H,9-12H2;;/q;;+2/p-2. The SMILES string of the molecule is Oc1ccc(C(C[S-])=NCCN=C(C[S-])c2ccc(O)cc2)cc1.[O]=[Tc+2]. The van der Waals surface area contributed by atoms with Crippen molar-refractivity contribution in [1.82, 2.24) is 0 Å². The van der Waals surface area contributed by atoms with Gasteiger partial charge in [-0.25, -0.2) is 0 Å². The molecule has 0 radical (unpaired) electrons. The molecule has 0 aromatic heterocycles. The van der Waals surface area contributed by atoms with Crippen molar-refractivity contribution in [2.24, 2.45) is 9.98 Å². The van der Waals surface area contributed by atoms with E-state index in [0.29, 0.717) is 24.6 Å². The van der Waals surface area contributed by atoms with Crippen molar-refractivity contribution in [2.45, 2.75) is 0 Å². The second-order valence-corrected chi connectivity index (χ2v) is 5.62. The van der Waals surface area contributed by atoms with Crippen LogP contribution >= 0.6 is 0 Å². The molecule has 8 heteroatoms. The van der Waals surface area contributed by atoms with Crippen molar-refractivity contribution in [3.8, 4) is 11.5 Å². The third-order valence-corrected chi connectivity index (χ3v) is 3.93. The van der Waals surface area contributed by atoms with Crippen molar-refractivity contribution < 1.29 is 32.6 Å². The maximum absolute atomic E-state index is 9.33. The molecule has 0 saturated carbocycles. The van der Waals surface area contributed by atoms with Gasteiger partial charge in [0.25, 0.3) is 0 Å². The third-order valence-electron chi connectivity index (χ3n) is 3.38. The van der Waals surface area contributed by atoms with Crippen LogP contribution in [-0.4, -0.2) is 46.2 Å². The summed E-state index contributed by atoms with van der Waals surface area (Å²) in [6.07, 6.45) is 0. The van der Waals surface area contributed by atoms with Crippen molar-refractivity contribution >= 4 is 36.7 Å². The summed E-state index contributed by atoms with van der Waals surface area (Å²) >= 11 is 11.2. The van der Waals surface area contributed by atoms with Crippen molar-refractivity contribution in [3.63, 3.8) is 0 Å². The normalized spacial score (nSPS) is 11.6. The summed E-state index contributed by atoms with van der Waals surface area (Å²) in [6.45, 7) is 1.04. The van der Waals surface area contributed by atoms with Gasteiger partial charge in [0.05, 0.1) is 13.1 Å². The van der Waals surface area contributed by atoms with E-state index in [4.69, 9.17) is 28.8 Å². The summed E-state index contributed by atoms with van der Waals surface area (Å²) in [5, 5.41) is 18.7. The molecule has 0 unspecified atom stereocenters. The number of rotatable bonds is 7. The molecule has 2 aromatic rings. The fourth-order valence-corrected chi connectivity index (χ4v) is 2.63. The van der Waals surface area contributed by atoms with Gasteiger partial charge in [-0.3, -0.25) is 9.98 Å². The first kappa shape index (κ1) is 22.6. The number of aliphatic imine (C=N–C) groups is 2. The van der Waals surface area contributed by atoms with E-state index in [9.17, 15) is 10.2 Å². The van der Waals surface area contributed by atoms with E-state index < -0.39 is 0 Å². The molecular formula is C18H18N2O3S2Tc. The van der Waals surface area contributed by atoms with Gasteiger partial charge in [0.15, 0.2) is 0 Å². The predicted octanol–water partition coefficient (Wildman–Crippen LogP) is 2.35. The Morgan fingerprint density at radius 3 is 1.31 bits per heavy atom. The first-order valence-electron chi connectivity index (χ1n) is 7.61. The molecule has 5 nitrogen and oxygen atoms in total. The summed E-state index contributed by atoms with van der Waals surface area (Å²) in [6, 6.07) is 13.7. The summed E-state index contributed by atoms with van der Waals surface area (Å²) < 4.78 is 8.22. The molecule has 0 aliphatic heterocycles. The molecule has 0 spiro atoms. The first-order valence-corrected chi connectivity index (χ1v) is 9.52. The third kappa shape index (κ3) is 7.41. The summed E-state index contributed by atoms with van der Waals surface area (Å²) in [5.74, 6) is 1.24. The number of hydrogen-bond acceptors (Lipinski definition) is 7. The first-order chi connectivity index (χ1) is 12.6. The van der Waals surface area contributed by atoms with Crippen LogP contribution in [0.15, 0.2) is 58.5 Å². The minimum atomic E-state index is 0.219. The number of hydrogen-bond donors (Lipinski definition) is 2. The molecule has 2 aromatic carbocycles. The number of aromatic hydroxyl groups is 2. The van der Waals surface area contributed by atoms with Gasteiger partial charge in [0, 0.05) is 11.4 Å². The van der Waals surface area contributed by atoms with Gasteiger partial charge in [0.1, 0.15) is 11.5 Å². The van der Waals surface area contributed by atoms with Gasteiger partial charge in [-0.15, -0.1) is 11.5 Å². The number of phenols is 2. The van der Waals surface area contributed by atoms with Crippen LogP contribution < -0.4 is 0 Å². The topological polar surface area (TPSA) is 82.2 Å². The predicted molar refractivity (Wildman–Crippen MR) is 104 cm³/mol. The molecule has 0 saturated heterocycles. The summed E-state index contributed by atoms with van der Waals surface area (Å²) in [4.78, 5) is 9.01. The van der Waals surface area contributed by atoms with Crippen LogP contribution in [0.5, 0.6) is 11.5 Å². The van der Waals surface area contributed by atoms with E-state index in [1.165, 1.54) is 0 Å². The quantitative estimate of drug-likeness (QED) is 0.367. The van der Waals surface area contributed by atoms with Crippen LogP contribution in [0.1, 0.15) is 11.1 Å². The summed E-state index contributed by atoms with van der Waals surface area (Å²) in [7, 11) is 0. The second-order valence-electron chi connectivity index (χ2n) is 5.04. The molecule has 2 N–H and O–H groups in total. The monoisotopic (exact) mass is 471 g/mol. The van der Waals surface area contributed by atoms with Gasteiger partial charge in [-0.05, 0) is 59.7 Å². The molecule has 0 atom stereocenters. The number of nitrogens with zero attached hydrogens (tertiary/aromatic N) is 2. The Hall–Kier alpha value is -1.47. The molecule has 0 fully saturated rings. The van der Waals surface area contributed by atoms with Crippen molar-refractivity contribution in [1.29, 1.82) is 0 Å². The molecular weight excluding hydrogens is 454 g/mol.